The summed E-state index contributed by atoms with van der Waals surface area (Å²) in [6.45, 7) is 6.72. The predicted octanol–water partition coefficient (Wildman–Crippen LogP) is 2.81. The zero-order valence-corrected chi connectivity index (χ0v) is 13.7. The van der Waals surface area contributed by atoms with Crippen LogP contribution in [0.3, 0.4) is 0 Å². The molecule has 0 amide bonds. The summed E-state index contributed by atoms with van der Waals surface area (Å²) in [6, 6.07) is 7.36. The van der Waals surface area contributed by atoms with Crippen molar-refractivity contribution in [3.8, 4) is 0 Å². The minimum absolute atomic E-state index is 0.0723. The molecule has 1 aromatic rings. The summed E-state index contributed by atoms with van der Waals surface area (Å²) in [6.07, 6.45) is 0. The Hall–Kier alpha value is -0.620. The van der Waals surface area contributed by atoms with E-state index in [1.54, 1.807) is 12.1 Å². The van der Waals surface area contributed by atoms with Crippen molar-refractivity contribution in [2.24, 2.45) is 16.5 Å². The van der Waals surface area contributed by atoms with Gasteiger partial charge < -0.3 is 4.74 Å². The Morgan fingerprint density at radius 2 is 1.80 bits per heavy atom. The third-order valence-corrected chi connectivity index (χ3v) is 4.28. The van der Waals surface area contributed by atoms with Crippen LogP contribution in [0, 0.1) is 11.3 Å². The Kier molecular flexibility index (Phi) is 6.01. The topological polar surface area (TPSA) is 69.4 Å². The van der Waals surface area contributed by atoms with Crippen LogP contribution in [-0.2, 0) is 21.4 Å². The van der Waals surface area contributed by atoms with Gasteiger partial charge in [0.1, 0.15) is 0 Å². The van der Waals surface area contributed by atoms with Gasteiger partial charge in [-0.3, -0.25) is 0 Å². The van der Waals surface area contributed by atoms with E-state index in [-0.39, 0.29) is 17.1 Å². The fourth-order valence-electron chi connectivity index (χ4n) is 1.73. The van der Waals surface area contributed by atoms with E-state index in [0.29, 0.717) is 18.2 Å². The van der Waals surface area contributed by atoms with Gasteiger partial charge in [-0.1, -0.05) is 44.5 Å². The first-order chi connectivity index (χ1) is 9.08. The first-order valence-electron chi connectivity index (χ1n) is 6.40. The monoisotopic (exact) mass is 319 g/mol. The van der Waals surface area contributed by atoms with E-state index in [0.717, 1.165) is 5.56 Å². The molecule has 0 saturated carbocycles. The summed E-state index contributed by atoms with van der Waals surface area (Å²) in [4.78, 5) is 0. The van der Waals surface area contributed by atoms with Crippen LogP contribution in [0.4, 0.5) is 0 Å². The lowest BCUT2D eigenvalue weighted by molar-refractivity contribution is 0.0552. The Labute approximate surface area is 126 Å². The third-order valence-electron chi connectivity index (χ3n) is 3.16. The molecule has 1 rings (SSSR count). The van der Waals surface area contributed by atoms with Gasteiger partial charge in [0.2, 0.25) is 10.0 Å². The van der Waals surface area contributed by atoms with Crippen molar-refractivity contribution >= 4 is 21.6 Å². The molecule has 0 heterocycles. The van der Waals surface area contributed by atoms with Gasteiger partial charge in [0, 0.05) is 10.9 Å². The number of hydrogen-bond donors (Lipinski definition) is 1. The van der Waals surface area contributed by atoms with Gasteiger partial charge >= 0.3 is 0 Å². The second-order valence-electron chi connectivity index (χ2n) is 6.03. The van der Waals surface area contributed by atoms with E-state index in [9.17, 15) is 8.42 Å². The molecule has 0 radical (unpaired) electrons. The van der Waals surface area contributed by atoms with Gasteiger partial charge in [-0.15, -0.1) is 0 Å². The van der Waals surface area contributed by atoms with E-state index >= 15 is 0 Å². The number of halogens is 1. The van der Waals surface area contributed by atoms with E-state index in [1.807, 2.05) is 32.9 Å². The van der Waals surface area contributed by atoms with Crippen molar-refractivity contribution in [1.82, 2.24) is 0 Å². The van der Waals surface area contributed by atoms with Crippen molar-refractivity contribution < 1.29 is 13.2 Å². The summed E-state index contributed by atoms with van der Waals surface area (Å²) >= 11 is 5.81. The van der Waals surface area contributed by atoms with Gasteiger partial charge in [0.25, 0.3) is 0 Å². The highest BCUT2D eigenvalue weighted by molar-refractivity contribution is 7.89. The van der Waals surface area contributed by atoms with Gasteiger partial charge in [-0.05, 0) is 23.1 Å². The first kappa shape index (κ1) is 17.4. The lowest BCUT2D eigenvalue weighted by Gasteiger charge is -2.29. The summed E-state index contributed by atoms with van der Waals surface area (Å²) < 4.78 is 28.2. The predicted molar refractivity (Wildman–Crippen MR) is 82.0 cm³/mol. The highest BCUT2D eigenvalue weighted by Crippen LogP contribution is 2.27. The molecule has 0 aliphatic rings. The maximum absolute atomic E-state index is 11.3. The van der Waals surface area contributed by atoms with Crippen LogP contribution in [0.1, 0.15) is 26.3 Å². The molecular formula is C14H22ClNO3S. The van der Waals surface area contributed by atoms with Crippen LogP contribution in [0.5, 0.6) is 0 Å². The van der Waals surface area contributed by atoms with E-state index in [1.165, 1.54) is 0 Å². The summed E-state index contributed by atoms with van der Waals surface area (Å²) in [7, 11) is -3.50. The molecule has 0 spiro atoms. The maximum Gasteiger partial charge on any atom is 0.209 e. The molecule has 1 atom stereocenters. The number of ether oxygens (including phenoxy) is 1. The number of sulfonamides is 1. The van der Waals surface area contributed by atoms with Gasteiger partial charge in [-0.2, -0.15) is 0 Å². The van der Waals surface area contributed by atoms with E-state index < -0.39 is 10.0 Å². The number of primary sulfonamides is 1. The fourth-order valence-corrected chi connectivity index (χ4v) is 3.01. The molecule has 20 heavy (non-hydrogen) atoms. The second-order valence-corrected chi connectivity index (χ2v) is 8.13. The second kappa shape index (κ2) is 6.89. The molecule has 0 bridgehead atoms. The Bertz CT molecular complexity index is 520. The van der Waals surface area contributed by atoms with Gasteiger partial charge in [0.15, 0.2) is 0 Å². The zero-order valence-electron chi connectivity index (χ0n) is 12.1. The molecule has 1 aromatic carbocycles. The molecule has 0 aromatic heterocycles. The zero-order chi connectivity index (χ0) is 15.4. The van der Waals surface area contributed by atoms with Crippen LogP contribution in [-0.4, -0.2) is 20.8 Å². The molecule has 114 valence electrons. The average molecular weight is 320 g/mol. The molecule has 1 unspecified atom stereocenters. The summed E-state index contributed by atoms with van der Waals surface area (Å²) in [5.74, 6) is -0.221. The van der Waals surface area contributed by atoms with E-state index in [2.05, 4.69) is 0 Å². The minimum Gasteiger partial charge on any atom is -0.376 e. The lowest BCUT2D eigenvalue weighted by atomic mass is 9.82. The fraction of sp³-hybridized carbons (Fsp3) is 0.571. The van der Waals surface area contributed by atoms with Crippen molar-refractivity contribution in [1.29, 1.82) is 0 Å². The highest BCUT2D eigenvalue weighted by atomic mass is 35.5. The quantitative estimate of drug-likeness (QED) is 0.876. The standard InChI is InChI=1S/C14H22ClNO3S/c1-14(2,3)12(10-20(16,17)18)9-19-8-11-4-6-13(15)7-5-11/h4-7,12H,8-10H2,1-3H3,(H2,16,17,18). The number of benzene rings is 1. The molecule has 0 aliphatic heterocycles. The molecule has 4 nitrogen and oxygen atoms in total. The Morgan fingerprint density at radius 3 is 2.25 bits per heavy atom. The highest BCUT2D eigenvalue weighted by Gasteiger charge is 2.28. The van der Waals surface area contributed by atoms with Crippen LogP contribution in [0.25, 0.3) is 0 Å². The van der Waals surface area contributed by atoms with Crippen molar-refractivity contribution in [3.63, 3.8) is 0 Å². The van der Waals surface area contributed by atoms with Crippen LogP contribution < -0.4 is 5.14 Å². The third kappa shape index (κ3) is 6.70. The maximum atomic E-state index is 11.3. The summed E-state index contributed by atoms with van der Waals surface area (Å²) in [5.41, 5.74) is 0.810. The number of nitrogens with two attached hydrogens (primary N) is 1. The molecular weight excluding hydrogens is 298 g/mol. The molecule has 6 heteroatoms. The Balaban J connectivity index is 2.57. The van der Waals surface area contributed by atoms with Crippen LogP contribution >= 0.6 is 11.6 Å². The smallest absolute Gasteiger partial charge is 0.209 e. The Morgan fingerprint density at radius 1 is 1.25 bits per heavy atom. The average Bonchev–Trinajstić information content (AvgIpc) is 2.27. The van der Waals surface area contributed by atoms with Crippen molar-refractivity contribution in [3.05, 3.63) is 34.9 Å². The summed E-state index contributed by atoms with van der Waals surface area (Å²) in [5, 5.41) is 5.81. The van der Waals surface area contributed by atoms with Crippen molar-refractivity contribution in [2.45, 2.75) is 27.4 Å². The minimum atomic E-state index is -3.50. The molecule has 0 saturated heterocycles. The van der Waals surface area contributed by atoms with Crippen molar-refractivity contribution in [2.75, 3.05) is 12.4 Å². The largest absolute Gasteiger partial charge is 0.376 e. The lowest BCUT2D eigenvalue weighted by Crippen LogP contribution is -2.34. The van der Waals surface area contributed by atoms with Crippen LogP contribution in [0.2, 0.25) is 5.02 Å². The van der Waals surface area contributed by atoms with Gasteiger partial charge in [0.05, 0.1) is 19.0 Å². The molecule has 2 N–H and O–H groups in total. The van der Waals surface area contributed by atoms with Gasteiger partial charge in [-0.25, -0.2) is 13.6 Å². The first-order valence-corrected chi connectivity index (χ1v) is 8.50. The molecule has 0 fully saturated rings. The number of rotatable bonds is 6. The molecule has 0 aliphatic carbocycles. The SMILES string of the molecule is CC(C)(C)C(COCc1ccc(Cl)cc1)CS(N)(=O)=O. The normalized spacial score (nSPS) is 14.2. The number of hydrogen-bond acceptors (Lipinski definition) is 3. The van der Waals surface area contributed by atoms with Crippen LogP contribution in [0.15, 0.2) is 24.3 Å². The van der Waals surface area contributed by atoms with E-state index in [4.69, 9.17) is 21.5 Å².